The first-order valence-electron chi connectivity index (χ1n) is 3.93. The van der Waals surface area contributed by atoms with Crippen molar-refractivity contribution in [3.8, 4) is 0 Å². The van der Waals surface area contributed by atoms with Crippen LogP contribution < -0.4 is 10.6 Å². The van der Waals surface area contributed by atoms with Crippen LogP contribution in [0.2, 0.25) is 0 Å². The molecule has 0 fully saturated rings. The molecule has 2 aliphatic heterocycles. The number of hydrogen-bond donors (Lipinski definition) is 2. The molecule has 2 N–H and O–H groups in total. The first-order chi connectivity index (χ1) is 5.95. The molecule has 0 saturated carbocycles. The molecule has 0 aromatic heterocycles. The molecule has 6 heteroatoms. The molecule has 0 atom stereocenters. The fraction of sp³-hybridized carbons (Fsp3) is 0.667. The smallest absolute Gasteiger partial charge is 0.238 e. The van der Waals surface area contributed by atoms with E-state index in [4.69, 9.17) is 0 Å². The van der Waals surface area contributed by atoms with Gasteiger partial charge in [0, 0.05) is 13.1 Å². The van der Waals surface area contributed by atoms with Gasteiger partial charge in [-0.05, 0) is 0 Å². The van der Waals surface area contributed by atoms with Crippen molar-refractivity contribution in [2.24, 2.45) is 20.2 Å². The lowest BCUT2D eigenvalue weighted by atomic mass is 10.7. The van der Waals surface area contributed by atoms with Crippen LogP contribution in [-0.4, -0.2) is 38.1 Å². The van der Waals surface area contributed by atoms with Crippen molar-refractivity contribution in [2.45, 2.75) is 0 Å². The molecule has 2 rings (SSSR count). The second kappa shape index (κ2) is 3.29. The monoisotopic (exact) mass is 166 g/mol. The summed E-state index contributed by atoms with van der Waals surface area (Å²) in [7, 11) is 0. The zero-order chi connectivity index (χ0) is 8.23. The van der Waals surface area contributed by atoms with Crippen LogP contribution in [-0.2, 0) is 0 Å². The van der Waals surface area contributed by atoms with Gasteiger partial charge in [-0.3, -0.25) is 0 Å². The normalized spacial score (nSPS) is 22.0. The van der Waals surface area contributed by atoms with Gasteiger partial charge in [0.25, 0.3) is 0 Å². The first-order valence-corrected chi connectivity index (χ1v) is 3.93. The average Bonchev–Trinajstić information content (AvgIpc) is 2.74. The van der Waals surface area contributed by atoms with Gasteiger partial charge in [0.1, 0.15) is 0 Å². The highest BCUT2D eigenvalue weighted by Crippen LogP contribution is 1.91. The molecule has 0 bridgehead atoms. The second-order valence-corrected chi connectivity index (χ2v) is 2.46. The van der Waals surface area contributed by atoms with E-state index in [1.54, 1.807) is 0 Å². The lowest BCUT2D eigenvalue weighted by Crippen LogP contribution is -2.18. The minimum absolute atomic E-state index is 0.603. The molecule has 2 aliphatic rings. The van der Waals surface area contributed by atoms with E-state index < -0.39 is 0 Å². The lowest BCUT2D eigenvalue weighted by molar-refractivity contribution is 0.946. The van der Waals surface area contributed by atoms with Gasteiger partial charge in [0.05, 0.1) is 13.1 Å². The predicted molar refractivity (Wildman–Crippen MR) is 45.5 cm³/mol. The van der Waals surface area contributed by atoms with Gasteiger partial charge in [0.2, 0.25) is 11.9 Å². The first kappa shape index (κ1) is 7.20. The Labute approximate surface area is 69.9 Å². The predicted octanol–water partition coefficient (Wildman–Crippen LogP) is -0.643. The number of nitrogens with zero attached hydrogens (tertiary/aromatic N) is 4. The van der Waals surface area contributed by atoms with E-state index >= 15 is 0 Å². The molecule has 0 aliphatic carbocycles. The summed E-state index contributed by atoms with van der Waals surface area (Å²) in [5.74, 6) is 1.21. The highest BCUT2D eigenvalue weighted by Gasteiger charge is 2.05. The van der Waals surface area contributed by atoms with Gasteiger partial charge in [-0.15, -0.1) is 10.2 Å². The van der Waals surface area contributed by atoms with E-state index in [1.807, 2.05) is 0 Å². The SMILES string of the molecule is C1CNC(N=NC2=NCCN2)=N1. The van der Waals surface area contributed by atoms with E-state index in [-0.39, 0.29) is 0 Å². The van der Waals surface area contributed by atoms with Crippen molar-refractivity contribution in [1.29, 1.82) is 0 Å². The van der Waals surface area contributed by atoms with Gasteiger partial charge in [0.15, 0.2) is 0 Å². The summed E-state index contributed by atoms with van der Waals surface area (Å²) in [4.78, 5) is 8.12. The van der Waals surface area contributed by atoms with Crippen LogP contribution in [0.5, 0.6) is 0 Å². The maximum absolute atomic E-state index is 4.06. The largest absolute Gasteiger partial charge is 0.351 e. The molecule has 0 radical (unpaired) electrons. The number of hydrogen-bond acceptors (Lipinski definition) is 6. The fourth-order valence-corrected chi connectivity index (χ4v) is 0.999. The summed E-state index contributed by atoms with van der Waals surface area (Å²) in [5.41, 5.74) is 0. The molecule has 0 aromatic carbocycles. The van der Waals surface area contributed by atoms with Crippen molar-refractivity contribution in [3.05, 3.63) is 0 Å². The lowest BCUT2D eigenvalue weighted by Gasteiger charge is -1.92. The van der Waals surface area contributed by atoms with Crippen LogP contribution in [0, 0.1) is 0 Å². The Morgan fingerprint density at radius 3 is 1.75 bits per heavy atom. The number of nitrogens with one attached hydrogen (secondary N) is 2. The zero-order valence-electron chi connectivity index (χ0n) is 6.62. The summed E-state index contributed by atoms with van der Waals surface area (Å²) in [6.45, 7) is 3.28. The number of azo groups is 1. The summed E-state index contributed by atoms with van der Waals surface area (Å²) >= 11 is 0. The second-order valence-electron chi connectivity index (χ2n) is 2.46. The third-order valence-electron chi connectivity index (χ3n) is 1.55. The Kier molecular flexibility index (Phi) is 1.98. The van der Waals surface area contributed by atoms with Gasteiger partial charge < -0.3 is 10.6 Å². The van der Waals surface area contributed by atoms with Gasteiger partial charge in [-0.25, -0.2) is 9.98 Å². The Morgan fingerprint density at radius 1 is 0.917 bits per heavy atom. The van der Waals surface area contributed by atoms with E-state index in [0.29, 0.717) is 11.9 Å². The molecular formula is C6H10N6. The van der Waals surface area contributed by atoms with Gasteiger partial charge in [-0.1, -0.05) is 0 Å². The molecular weight excluding hydrogens is 156 g/mol. The molecule has 0 spiro atoms. The minimum atomic E-state index is 0.603. The maximum Gasteiger partial charge on any atom is 0.238 e. The van der Waals surface area contributed by atoms with Gasteiger partial charge >= 0.3 is 0 Å². The minimum Gasteiger partial charge on any atom is -0.351 e. The van der Waals surface area contributed by atoms with Crippen LogP contribution in [0.3, 0.4) is 0 Å². The van der Waals surface area contributed by atoms with Crippen molar-refractivity contribution in [1.82, 2.24) is 10.6 Å². The van der Waals surface area contributed by atoms with Crippen LogP contribution >= 0.6 is 0 Å². The molecule has 6 nitrogen and oxygen atoms in total. The van der Waals surface area contributed by atoms with E-state index in [2.05, 4.69) is 30.8 Å². The van der Waals surface area contributed by atoms with Gasteiger partial charge in [-0.2, -0.15) is 0 Å². The van der Waals surface area contributed by atoms with Crippen molar-refractivity contribution < 1.29 is 0 Å². The summed E-state index contributed by atoms with van der Waals surface area (Å²) < 4.78 is 0. The number of guanidine groups is 2. The van der Waals surface area contributed by atoms with E-state index in [9.17, 15) is 0 Å². The number of aliphatic imine (C=N–C) groups is 2. The van der Waals surface area contributed by atoms with E-state index in [0.717, 1.165) is 26.2 Å². The average molecular weight is 166 g/mol. The molecule has 0 aromatic rings. The summed E-state index contributed by atoms with van der Waals surface area (Å²) in [6, 6.07) is 0. The fourth-order valence-electron chi connectivity index (χ4n) is 0.999. The molecule has 12 heavy (non-hydrogen) atoms. The summed E-state index contributed by atoms with van der Waals surface area (Å²) in [6.07, 6.45) is 0. The van der Waals surface area contributed by atoms with Crippen LogP contribution in [0.1, 0.15) is 0 Å². The molecule has 0 unspecified atom stereocenters. The van der Waals surface area contributed by atoms with Crippen LogP contribution in [0.15, 0.2) is 20.2 Å². The molecule has 0 saturated heterocycles. The summed E-state index contributed by atoms with van der Waals surface area (Å²) in [5, 5.41) is 13.7. The Bertz CT molecular complexity index is 227. The van der Waals surface area contributed by atoms with Crippen LogP contribution in [0.4, 0.5) is 0 Å². The van der Waals surface area contributed by atoms with Crippen LogP contribution in [0.25, 0.3) is 0 Å². The number of rotatable bonds is 0. The Morgan fingerprint density at radius 2 is 1.42 bits per heavy atom. The Hall–Kier alpha value is -1.46. The highest BCUT2D eigenvalue weighted by atomic mass is 15.3. The highest BCUT2D eigenvalue weighted by molar-refractivity contribution is 5.86. The molecule has 2 heterocycles. The van der Waals surface area contributed by atoms with E-state index in [1.165, 1.54) is 0 Å². The van der Waals surface area contributed by atoms with Crippen molar-refractivity contribution in [3.63, 3.8) is 0 Å². The maximum atomic E-state index is 4.06. The quantitative estimate of drug-likeness (QED) is 0.469. The standard InChI is InChI=1S/C6H10N6/c1-2-8-5(7-1)11-12-6-9-3-4-10-6/h1-4H2,(H,7,8)(H,9,10). The third-order valence-corrected chi connectivity index (χ3v) is 1.55. The Balaban J connectivity index is 1.92. The van der Waals surface area contributed by atoms with Crippen molar-refractivity contribution in [2.75, 3.05) is 26.2 Å². The molecule has 64 valence electrons. The molecule has 0 amide bonds. The zero-order valence-corrected chi connectivity index (χ0v) is 6.62. The van der Waals surface area contributed by atoms with Crippen molar-refractivity contribution >= 4 is 11.9 Å². The third kappa shape index (κ3) is 1.58. The topological polar surface area (TPSA) is 73.5 Å².